The van der Waals surface area contributed by atoms with Gasteiger partial charge in [-0.2, -0.15) is 0 Å². The van der Waals surface area contributed by atoms with E-state index in [1.165, 1.54) is 16.3 Å². The van der Waals surface area contributed by atoms with E-state index in [9.17, 15) is 0 Å². The van der Waals surface area contributed by atoms with Crippen LogP contribution in [0, 0.1) is 0 Å². The minimum absolute atomic E-state index is 0.230. The highest BCUT2D eigenvalue weighted by Crippen LogP contribution is 2.33. The van der Waals surface area contributed by atoms with Crippen molar-refractivity contribution in [2.45, 2.75) is 51.4 Å². The SMILES string of the molecule is CCCNC(c1cncc2ccccc12)C1CCC(C)O1. The molecular formula is C18H24N2O. The number of benzene rings is 1. The standard InChI is InChI=1S/C18H24N2O/c1-3-10-20-18(17-9-8-13(2)21-17)16-12-19-11-14-6-4-5-7-15(14)16/h4-7,11-13,17-18,20H,3,8-10H2,1-2H3. The third-order valence-electron chi connectivity index (χ3n) is 4.28. The summed E-state index contributed by atoms with van der Waals surface area (Å²) in [6.45, 7) is 5.36. The monoisotopic (exact) mass is 284 g/mol. The first-order valence-electron chi connectivity index (χ1n) is 8.01. The molecule has 0 spiro atoms. The Morgan fingerprint density at radius 2 is 2.14 bits per heavy atom. The second-order valence-corrected chi connectivity index (χ2v) is 5.94. The van der Waals surface area contributed by atoms with Gasteiger partial charge < -0.3 is 10.1 Å². The molecule has 0 radical (unpaired) electrons. The van der Waals surface area contributed by atoms with Gasteiger partial charge in [0, 0.05) is 17.8 Å². The maximum atomic E-state index is 6.13. The van der Waals surface area contributed by atoms with E-state index >= 15 is 0 Å². The Balaban J connectivity index is 1.97. The highest BCUT2D eigenvalue weighted by molar-refractivity contribution is 5.85. The number of ether oxygens (including phenoxy) is 1. The number of fused-ring (bicyclic) bond motifs is 1. The van der Waals surface area contributed by atoms with Crippen LogP contribution in [0.1, 0.15) is 44.7 Å². The van der Waals surface area contributed by atoms with Crippen LogP contribution in [0.15, 0.2) is 36.7 Å². The van der Waals surface area contributed by atoms with Gasteiger partial charge in [-0.15, -0.1) is 0 Å². The molecule has 112 valence electrons. The van der Waals surface area contributed by atoms with Gasteiger partial charge in [-0.25, -0.2) is 0 Å². The van der Waals surface area contributed by atoms with E-state index in [0.717, 1.165) is 25.8 Å². The number of nitrogens with zero attached hydrogens (tertiary/aromatic N) is 1. The molecule has 3 unspecified atom stereocenters. The number of nitrogens with one attached hydrogen (secondary N) is 1. The highest BCUT2D eigenvalue weighted by Gasteiger charge is 2.31. The van der Waals surface area contributed by atoms with E-state index in [-0.39, 0.29) is 12.1 Å². The lowest BCUT2D eigenvalue weighted by molar-refractivity contribution is 0.0318. The Kier molecular flexibility index (Phi) is 4.51. The molecule has 0 aliphatic carbocycles. The smallest absolute Gasteiger partial charge is 0.0775 e. The Morgan fingerprint density at radius 3 is 2.90 bits per heavy atom. The van der Waals surface area contributed by atoms with Crippen LogP contribution in [0.3, 0.4) is 0 Å². The van der Waals surface area contributed by atoms with Crippen LogP contribution in [0.2, 0.25) is 0 Å². The zero-order valence-corrected chi connectivity index (χ0v) is 12.9. The van der Waals surface area contributed by atoms with Crippen LogP contribution in [-0.2, 0) is 4.74 Å². The molecule has 3 atom stereocenters. The fourth-order valence-corrected chi connectivity index (χ4v) is 3.21. The normalized spacial score (nSPS) is 23.5. The van der Waals surface area contributed by atoms with Gasteiger partial charge in [0.05, 0.1) is 18.2 Å². The molecule has 1 aromatic carbocycles. The van der Waals surface area contributed by atoms with Gasteiger partial charge in [0.2, 0.25) is 0 Å². The van der Waals surface area contributed by atoms with Crippen molar-refractivity contribution in [1.29, 1.82) is 0 Å². The molecule has 3 rings (SSSR count). The number of hydrogen-bond donors (Lipinski definition) is 1. The van der Waals surface area contributed by atoms with Gasteiger partial charge in [0.1, 0.15) is 0 Å². The molecule has 2 heterocycles. The van der Waals surface area contributed by atoms with Crippen LogP contribution in [0.25, 0.3) is 10.8 Å². The first kappa shape index (κ1) is 14.5. The maximum absolute atomic E-state index is 6.13. The molecule has 0 saturated carbocycles. The van der Waals surface area contributed by atoms with Crippen molar-refractivity contribution in [1.82, 2.24) is 10.3 Å². The second kappa shape index (κ2) is 6.54. The first-order valence-corrected chi connectivity index (χ1v) is 8.01. The predicted molar refractivity (Wildman–Crippen MR) is 86.3 cm³/mol. The highest BCUT2D eigenvalue weighted by atomic mass is 16.5. The van der Waals surface area contributed by atoms with Crippen molar-refractivity contribution in [2.75, 3.05) is 6.54 Å². The van der Waals surface area contributed by atoms with Crippen LogP contribution in [0.5, 0.6) is 0 Å². The van der Waals surface area contributed by atoms with Crippen LogP contribution in [-0.4, -0.2) is 23.7 Å². The van der Waals surface area contributed by atoms with E-state index in [1.54, 1.807) is 0 Å². The van der Waals surface area contributed by atoms with Gasteiger partial charge in [0.15, 0.2) is 0 Å². The summed E-state index contributed by atoms with van der Waals surface area (Å²) in [6.07, 6.45) is 7.94. The summed E-state index contributed by atoms with van der Waals surface area (Å²) < 4.78 is 6.13. The predicted octanol–water partition coefficient (Wildman–Crippen LogP) is 3.84. The second-order valence-electron chi connectivity index (χ2n) is 5.94. The van der Waals surface area contributed by atoms with Crippen LogP contribution < -0.4 is 5.32 Å². The molecule has 2 aromatic rings. The van der Waals surface area contributed by atoms with E-state index in [1.807, 2.05) is 12.4 Å². The Hall–Kier alpha value is -1.45. The summed E-state index contributed by atoms with van der Waals surface area (Å²) in [5, 5.41) is 6.16. The van der Waals surface area contributed by atoms with Crippen LogP contribution >= 0.6 is 0 Å². The minimum Gasteiger partial charge on any atom is -0.373 e. The molecule has 3 heteroatoms. The summed E-state index contributed by atoms with van der Waals surface area (Å²) >= 11 is 0. The fourth-order valence-electron chi connectivity index (χ4n) is 3.21. The molecule has 1 N–H and O–H groups in total. The van der Waals surface area contributed by atoms with Crippen molar-refractivity contribution in [3.05, 3.63) is 42.2 Å². The van der Waals surface area contributed by atoms with Crippen molar-refractivity contribution in [3.8, 4) is 0 Å². The Labute approximate surface area is 126 Å². The third kappa shape index (κ3) is 3.09. The number of pyridine rings is 1. The molecule has 1 fully saturated rings. The quantitative estimate of drug-likeness (QED) is 0.905. The molecular weight excluding hydrogens is 260 g/mol. The molecule has 0 amide bonds. The average Bonchev–Trinajstić information content (AvgIpc) is 2.94. The first-order chi connectivity index (χ1) is 10.3. The maximum Gasteiger partial charge on any atom is 0.0775 e. The summed E-state index contributed by atoms with van der Waals surface area (Å²) in [5.41, 5.74) is 1.26. The van der Waals surface area contributed by atoms with E-state index in [0.29, 0.717) is 6.10 Å². The van der Waals surface area contributed by atoms with Crippen molar-refractivity contribution < 1.29 is 4.74 Å². The van der Waals surface area contributed by atoms with Crippen molar-refractivity contribution in [2.24, 2.45) is 0 Å². The lowest BCUT2D eigenvalue weighted by atomic mass is 9.96. The summed E-state index contributed by atoms with van der Waals surface area (Å²) in [7, 11) is 0. The number of hydrogen-bond acceptors (Lipinski definition) is 3. The van der Waals surface area contributed by atoms with E-state index in [4.69, 9.17) is 4.74 Å². The van der Waals surface area contributed by atoms with Gasteiger partial charge in [-0.05, 0) is 43.7 Å². The van der Waals surface area contributed by atoms with Gasteiger partial charge in [-0.3, -0.25) is 4.98 Å². The topological polar surface area (TPSA) is 34.2 Å². The lowest BCUT2D eigenvalue weighted by Crippen LogP contribution is -2.33. The molecule has 1 aliphatic heterocycles. The fraction of sp³-hybridized carbons (Fsp3) is 0.500. The van der Waals surface area contributed by atoms with E-state index < -0.39 is 0 Å². The molecule has 1 aliphatic rings. The van der Waals surface area contributed by atoms with Gasteiger partial charge >= 0.3 is 0 Å². The molecule has 21 heavy (non-hydrogen) atoms. The van der Waals surface area contributed by atoms with Crippen LogP contribution in [0.4, 0.5) is 0 Å². The minimum atomic E-state index is 0.230. The largest absolute Gasteiger partial charge is 0.373 e. The zero-order chi connectivity index (χ0) is 14.7. The summed E-state index contributed by atoms with van der Waals surface area (Å²) in [4.78, 5) is 4.44. The lowest BCUT2D eigenvalue weighted by Gasteiger charge is -2.26. The Bertz CT molecular complexity index is 593. The molecule has 0 bridgehead atoms. The van der Waals surface area contributed by atoms with Gasteiger partial charge in [0.25, 0.3) is 0 Å². The molecule has 1 aromatic heterocycles. The van der Waals surface area contributed by atoms with E-state index in [2.05, 4.69) is 48.4 Å². The zero-order valence-electron chi connectivity index (χ0n) is 12.9. The van der Waals surface area contributed by atoms with Crippen molar-refractivity contribution >= 4 is 10.8 Å². The van der Waals surface area contributed by atoms with Gasteiger partial charge in [-0.1, -0.05) is 31.2 Å². The Morgan fingerprint density at radius 1 is 1.29 bits per heavy atom. The number of aromatic nitrogens is 1. The average molecular weight is 284 g/mol. The molecule has 1 saturated heterocycles. The summed E-state index contributed by atoms with van der Waals surface area (Å²) in [5.74, 6) is 0. The molecule has 3 nitrogen and oxygen atoms in total. The summed E-state index contributed by atoms with van der Waals surface area (Å²) in [6, 6.07) is 8.71. The third-order valence-corrected chi connectivity index (χ3v) is 4.28. The number of rotatable bonds is 5. The van der Waals surface area contributed by atoms with Crippen molar-refractivity contribution in [3.63, 3.8) is 0 Å².